The summed E-state index contributed by atoms with van der Waals surface area (Å²) in [5.74, 6) is 3.27. The quantitative estimate of drug-likeness (QED) is 0.838. The van der Waals surface area contributed by atoms with Crippen molar-refractivity contribution in [2.45, 2.75) is 26.7 Å². The lowest BCUT2D eigenvalue weighted by atomic mass is 9.99. The molecule has 0 bridgehead atoms. The van der Waals surface area contributed by atoms with Crippen molar-refractivity contribution in [2.24, 2.45) is 5.92 Å². The van der Waals surface area contributed by atoms with Gasteiger partial charge in [0.1, 0.15) is 17.5 Å². The second-order valence-corrected chi connectivity index (χ2v) is 6.98. The molecule has 1 aromatic carbocycles. The van der Waals surface area contributed by atoms with Gasteiger partial charge in [-0.15, -0.1) is 0 Å². The molecule has 3 rings (SSSR count). The van der Waals surface area contributed by atoms with Gasteiger partial charge in [0.05, 0.1) is 0 Å². The smallest absolute Gasteiger partial charge is 0.136 e. The van der Waals surface area contributed by atoms with E-state index >= 15 is 0 Å². The van der Waals surface area contributed by atoms with Crippen molar-refractivity contribution in [2.75, 3.05) is 23.3 Å². The van der Waals surface area contributed by atoms with Gasteiger partial charge < -0.3 is 10.2 Å². The van der Waals surface area contributed by atoms with Crippen LogP contribution in [0, 0.1) is 12.8 Å². The third kappa shape index (κ3) is 4.27. The predicted octanol–water partition coefficient (Wildman–Crippen LogP) is 5.07. The highest BCUT2D eigenvalue weighted by Crippen LogP contribution is 2.27. The Morgan fingerprint density at radius 3 is 2.35 bits per heavy atom. The second kappa shape index (κ2) is 6.93. The summed E-state index contributed by atoms with van der Waals surface area (Å²) in [6, 6.07) is 7.35. The van der Waals surface area contributed by atoms with Gasteiger partial charge in [-0.3, -0.25) is 0 Å². The summed E-state index contributed by atoms with van der Waals surface area (Å²) >= 11 is 12.1. The van der Waals surface area contributed by atoms with Crippen LogP contribution in [0.15, 0.2) is 24.3 Å². The molecule has 0 radical (unpaired) electrons. The SMILES string of the molecule is Cc1nc(Nc2cc(Cl)cc(Cl)c2)cc(N2CCC(C)CC2)n1. The Hall–Kier alpha value is -1.52. The van der Waals surface area contributed by atoms with Crippen LogP contribution in [0.4, 0.5) is 17.3 Å². The minimum Gasteiger partial charge on any atom is -0.356 e. The fraction of sp³-hybridized carbons (Fsp3) is 0.412. The minimum atomic E-state index is 0.594. The van der Waals surface area contributed by atoms with Crippen molar-refractivity contribution in [3.8, 4) is 0 Å². The first kappa shape index (κ1) is 16.3. The van der Waals surface area contributed by atoms with E-state index in [1.807, 2.05) is 25.1 Å². The average Bonchev–Trinajstić information content (AvgIpc) is 2.46. The third-order valence-electron chi connectivity index (χ3n) is 4.07. The molecule has 4 nitrogen and oxygen atoms in total. The molecule has 1 aliphatic heterocycles. The lowest BCUT2D eigenvalue weighted by Crippen LogP contribution is -2.33. The number of aryl methyl sites for hydroxylation is 1. The summed E-state index contributed by atoms with van der Waals surface area (Å²) in [7, 11) is 0. The van der Waals surface area contributed by atoms with Crippen molar-refractivity contribution < 1.29 is 0 Å². The van der Waals surface area contributed by atoms with Crippen LogP contribution >= 0.6 is 23.2 Å². The summed E-state index contributed by atoms with van der Waals surface area (Å²) in [6.45, 7) is 6.30. The maximum atomic E-state index is 6.05. The van der Waals surface area contributed by atoms with E-state index in [1.54, 1.807) is 6.07 Å². The van der Waals surface area contributed by atoms with E-state index in [4.69, 9.17) is 23.2 Å². The molecule has 0 amide bonds. The van der Waals surface area contributed by atoms with Crippen LogP contribution in [0.2, 0.25) is 10.0 Å². The molecule has 122 valence electrons. The first-order chi connectivity index (χ1) is 11.0. The van der Waals surface area contributed by atoms with E-state index in [9.17, 15) is 0 Å². The van der Waals surface area contributed by atoms with Crippen LogP contribution in [0.5, 0.6) is 0 Å². The van der Waals surface area contributed by atoms with Gasteiger partial charge in [0.15, 0.2) is 0 Å². The van der Waals surface area contributed by atoms with Crippen LogP contribution in [0.25, 0.3) is 0 Å². The zero-order chi connectivity index (χ0) is 16.4. The van der Waals surface area contributed by atoms with Gasteiger partial charge in [-0.1, -0.05) is 30.1 Å². The van der Waals surface area contributed by atoms with E-state index in [0.29, 0.717) is 10.0 Å². The van der Waals surface area contributed by atoms with Crippen molar-refractivity contribution in [1.29, 1.82) is 0 Å². The molecule has 0 spiro atoms. The molecular formula is C17H20Cl2N4. The molecule has 0 saturated carbocycles. The molecular weight excluding hydrogens is 331 g/mol. The molecule has 2 heterocycles. The lowest BCUT2D eigenvalue weighted by Gasteiger charge is -2.31. The summed E-state index contributed by atoms with van der Waals surface area (Å²) in [5.41, 5.74) is 0.818. The Morgan fingerprint density at radius 1 is 1.04 bits per heavy atom. The van der Waals surface area contributed by atoms with Gasteiger partial charge in [0.25, 0.3) is 0 Å². The number of piperidine rings is 1. The molecule has 0 atom stereocenters. The normalized spacial score (nSPS) is 15.7. The largest absolute Gasteiger partial charge is 0.356 e. The number of rotatable bonds is 3. The Balaban J connectivity index is 1.82. The molecule has 23 heavy (non-hydrogen) atoms. The number of nitrogens with one attached hydrogen (secondary N) is 1. The molecule has 6 heteroatoms. The Bertz CT molecular complexity index is 677. The average molecular weight is 351 g/mol. The van der Waals surface area contributed by atoms with Gasteiger partial charge >= 0.3 is 0 Å². The first-order valence-electron chi connectivity index (χ1n) is 7.83. The van der Waals surface area contributed by atoms with E-state index < -0.39 is 0 Å². The molecule has 0 aliphatic carbocycles. The zero-order valence-electron chi connectivity index (χ0n) is 13.3. The number of benzene rings is 1. The van der Waals surface area contributed by atoms with Crippen LogP contribution in [-0.2, 0) is 0 Å². The summed E-state index contributed by atoms with van der Waals surface area (Å²) in [4.78, 5) is 11.4. The van der Waals surface area contributed by atoms with E-state index in [1.165, 1.54) is 12.8 Å². The zero-order valence-corrected chi connectivity index (χ0v) is 14.8. The maximum Gasteiger partial charge on any atom is 0.136 e. The predicted molar refractivity (Wildman–Crippen MR) is 97.1 cm³/mol. The van der Waals surface area contributed by atoms with Gasteiger partial charge in [0.2, 0.25) is 0 Å². The van der Waals surface area contributed by atoms with Gasteiger partial charge in [0, 0.05) is 34.9 Å². The molecule has 2 aromatic rings. The fourth-order valence-corrected chi connectivity index (χ4v) is 3.32. The number of nitrogens with zero attached hydrogens (tertiary/aromatic N) is 3. The van der Waals surface area contributed by atoms with Crippen LogP contribution in [-0.4, -0.2) is 23.1 Å². The van der Waals surface area contributed by atoms with E-state index in [-0.39, 0.29) is 0 Å². The molecule has 1 N–H and O–H groups in total. The Labute approximate surface area is 146 Å². The van der Waals surface area contributed by atoms with E-state index in [0.717, 1.165) is 42.2 Å². The minimum absolute atomic E-state index is 0.594. The van der Waals surface area contributed by atoms with Crippen molar-refractivity contribution in [3.63, 3.8) is 0 Å². The number of aromatic nitrogens is 2. The number of halogens is 2. The highest BCUT2D eigenvalue weighted by Gasteiger charge is 2.18. The van der Waals surface area contributed by atoms with Gasteiger partial charge in [-0.25, -0.2) is 9.97 Å². The van der Waals surface area contributed by atoms with Gasteiger partial charge in [-0.05, 0) is 43.9 Å². The summed E-state index contributed by atoms with van der Waals surface area (Å²) < 4.78 is 0. The van der Waals surface area contributed by atoms with E-state index in [2.05, 4.69) is 27.1 Å². The summed E-state index contributed by atoms with van der Waals surface area (Å²) in [5, 5.41) is 4.46. The number of hydrogen-bond acceptors (Lipinski definition) is 4. The second-order valence-electron chi connectivity index (χ2n) is 6.11. The van der Waals surface area contributed by atoms with Crippen LogP contribution in [0.1, 0.15) is 25.6 Å². The lowest BCUT2D eigenvalue weighted by molar-refractivity contribution is 0.436. The molecule has 1 saturated heterocycles. The fourth-order valence-electron chi connectivity index (χ4n) is 2.79. The Kier molecular flexibility index (Phi) is 4.93. The summed E-state index contributed by atoms with van der Waals surface area (Å²) in [6.07, 6.45) is 2.41. The molecule has 1 aliphatic rings. The Morgan fingerprint density at radius 2 is 1.70 bits per heavy atom. The molecule has 1 aromatic heterocycles. The highest BCUT2D eigenvalue weighted by atomic mass is 35.5. The van der Waals surface area contributed by atoms with Gasteiger partial charge in [-0.2, -0.15) is 0 Å². The standard InChI is InChI=1S/C17H20Cl2N4/c1-11-3-5-23(6-4-11)17-10-16(20-12(2)21-17)22-15-8-13(18)7-14(19)9-15/h7-11H,3-6H2,1-2H3,(H,20,21,22). The monoisotopic (exact) mass is 350 g/mol. The highest BCUT2D eigenvalue weighted by molar-refractivity contribution is 6.35. The van der Waals surface area contributed by atoms with Crippen molar-refractivity contribution in [1.82, 2.24) is 9.97 Å². The number of anilines is 3. The van der Waals surface area contributed by atoms with Crippen molar-refractivity contribution in [3.05, 3.63) is 40.1 Å². The maximum absolute atomic E-state index is 6.05. The van der Waals surface area contributed by atoms with Crippen molar-refractivity contribution >= 4 is 40.5 Å². The topological polar surface area (TPSA) is 41.1 Å². The molecule has 0 unspecified atom stereocenters. The van der Waals surface area contributed by atoms with Crippen LogP contribution < -0.4 is 10.2 Å². The number of hydrogen-bond donors (Lipinski definition) is 1. The first-order valence-corrected chi connectivity index (χ1v) is 8.59. The third-order valence-corrected chi connectivity index (χ3v) is 4.50. The van der Waals surface area contributed by atoms with Crippen LogP contribution in [0.3, 0.4) is 0 Å². The molecule has 1 fully saturated rings.